The average molecular weight is 444 g/mol. The molecule has 0 spiro atoms. The number of aliphatic imine (C=N–C) groups is 1. The second-order valence-corrected chi connectivity index (χ2v) is 9.45. The molecule has 0 aliphatic rings. The van der Waals surface area contributed by atoms with Gasteiger partial charge in [-0.1, -0.05) is 24.3 Å². The van der Waals surface area contributed by atoms with E-state index in [2.05, 4.69) is 21.7 Å². The minimum atomic E-state index is -3.23. The highest BCUT2D eigenvalue weighted by atomic mass is 32.2. The number of methoxy groups -OCH3 is 1. The van der Waals surface area contributed by atoms with E-state index in [-0.39, 0.29) is 12.3 Å². The van der Waals surface area contributed by atoms with Crippen molar-refractivity contribution in [3.8, 4) is 5.75 Å². The molecule has 31 heavy (non-hydrogen) atoms. The van der Waals surface area contributed by atoms with Gasteiger partial charge in [0.2, 0.25) is 0 Å². The van der Waals surface area contributed by atoms with Crippen LogP contribution in [-0.2, 0) is 28.7 Å². The number of benzene rings is 3. The molecule has 2 N–H and O–H groups in total. The number of nitrogens with one attached hydrogen (secondary N) is 2. The van der Waals surface area contributed by atoms with E-state index < -0.39 is 15.7 Å². The highest BCUT2D eigenvalue weighted by molar-refractivity contribution is 7.89. The Kier molecular flexibility index (Phi) is 7.12. The van der Waals surface area contributed by atoms with Crippen molar-refractivity contribution in [3.63, 3.8) is 0 Å². The van der Waals surface area contributed by atoms with Gasteiger partial charge in [-0.15, -0.1) is 0 Å². The van der Waals surface area contributed by atoms with E-state index in [9.17, 15) is 12.8 Å². The summed E-state index contributed by atoms with van der Waals surface area (Å²) in [5.74, 6) is 0.794. The number of ether oxygens (including phenoxy) is 1. The highest BCUT2D eigenvalue weighted by Gasteiger charge is 2.11. The third kappa shape index (κ3) is 6.42. The Bertz CT molecular complexity index is 1210. The van der Waals surface area contributed by atoms with Crippen molar-refractivity contribution < 1.29 is 17.5 Å². The Morgan fingerprint density at radius 2 is 1.68 bits per heavy atom. The van der Waals surface area contributed by atoms with Crippen molar-refractivity contribution in [2.75, 3.05) is 20.4 Å². The van der Waals surface area contributed by atoms with Crippen molar-refractivity contribution in [1.82, 2.24) is 10.6 Å². The van der Waals surface area contributed by atoms with Crippen LogP contribution < -0.4 is 15.4 Å². The lowest BCUT2D eigenvalue weighted by Gasteiger charge is -2.15. The van der Waals surface area contributed by atoms with Gasteiger partial charge in [-0.2, -0.15) is 0 Å². The molecule has 164 valence electrons. The van der Waals surface area contributed by atoms with Crippen LogP contribution in [0.3, 0.4) is 0 Å². The summed E-state index contributed by atoms with van der Waals surface area (Å²) in [5.41, 5.74) is 2.22. The molecule has 0 bridgehead atoms. The van der Waals surface area contributed by atoms with Crippen molar-refractivity contribution >= 4 is 26.6 Å². The number of hydrogen-bond acceptors (Lipinski definition) is 4. The first-order valence-electron chi connectivity index (χ1n) is 9.73. The number of guanidine groups is 1. The number of rotatable bonds is 7. The fraction of sp³-hybridized carbons (Fsp3) is 0.261. The van der Waals surface area contributed by atoms with E-state index in [1.165, 1.54) is 18.2 Å². The van der Waals surface area contributed by atoms with Crippen molar-refractivity contribution in [2.24, 2.45) is 4.99 Å². The van der Waals surface area contributed by atoms with Crippen LogP contribution in [0.4, 0.5) is 4.39 Å². The maximum Gasteiger partial charge on any atom is 0.191 e. The van der Waals surface area contributed by atoms with Crippen LogP contribution >= 0.6 is 0 Å². The molecule has 3 aromatic rings. The first-order valence-corrected chi connectivity index (χ1v) is 11.8. The van der Waals surface area contributed by atoms with Crippen molar-refractivity contribution in [1.29, 1.82) is 0 Å². The third-order valence-electron chi connectivity index (χ3n) is 4.83. The largest absolute Gasteiger partial charge is 0.497 e. The standard InChI is InChI=1S/C23H26FN3O3S/c1-25-23(27-14-20-11-21(24)8-6-19(20)15-31(3,28)29)26-13-16-4-5-18-12-22(30-2)9-7-17(18)10-16/h4-12H,13-15H2,1-3H3,(H2,25,26,27). The molecular formula is C23H26FN3O3S. The second kappa shape index (κ2) is 9.78. The van der Waals surface area contributed by atoms with Gasteiger partial charge >= 0.3 is 0 Å². The number of sulfone groups is 1. The zero-order chi connectivity index (χ0) is 22.4. The molecule has 0 unspecified atom stereocenters. The van der Waals surface area contributed by atoms with Crippen LogP contribution in [0.1, 0.15) is 16.7 Å². The van der Waals surface area contributed by atoms with Gasteiger partial charge in [0.25, 0.3) is 0 Å². The molecule has 0 radical (unpaired) electrons. The zero-order valence-electron chi connectivity index (χ0n) is 17.8. The van der Waals surface area contributed by atoms with Gasteiger partial charge in [0.1, 0.15) is 11.6 Å². The quantitative estimate of drug-likeness (QED) is 0.432. The lowest BCUT2D eigenvalue weighted by Crippen LogP contribution is -2.36. The summed E-state index contributed by atoms with van der Waals surface area (Å²) in [6, 6.07) is 16.2. The van der Waals surface area contributed by atoms with E-state index in [1.54, 1.807) is 14.2 Å². The summed E-state index contributed by atoms with van der Waals surface area (Å²) in [6.07, 6.45) is 1.16. The summed E-state index contributed by atoms with van der Waals surface area (Å²) >= 11 is 0. The van der Waals surface area contributed by atoms with Gasteiger partial charge in [-0.25, -0.2) is 12.8 Å². The predicted octanol–water partition coefficient (Wildman–Crippen LogP) is 3.40. The number of fused-ring (bicyclic) bond motifs is 1. The summed E-state index contributed by atoms with van der Waals surface area (Å²) in [7, 11) is 0.0594. The fourth-order valence-corrected chi connectivity index (χ4v) is 4.12. The zero-order valence-corrected chi connectivity index (χ0v) is 18.6. The van der Waals surface area contributed by atoms with Crippen LogP contribution in [0.25, 0.3) is 10.8 Å². The molecule has 0 saturated carbocycles. The third-order valence-corrected chi connectivity index (χ3v) is 5.66. The Labute approximate surface area is 182 Å². The summed E-state index contributed by atoms with van der Waals surface area (Å²) in [4.78, 5) is 4.20. The lowest BCUT2D eigenvalue weighted by atomic mass is 10.1. The number of halogens is 1. The first kappa shape index (κ1) is 22.6. The van der Waals surface area contributed by atoms with Crippen LogP contribution in [0.15, 0.2) is 59.6 Å². The molecule has 3 rings (SSSR count). The average Bonchev–Trinajstić information content (AvgIpc) is 2.74. The van der Waals surface area contributed by atoms with Crippen LogP contribution in [0, 0.1) is 5.82 Å². The normalized spacial score (nSPS) is 12.1. The number of nitrogens with zero attached hydrogens (tertiary/aromatic N) is 1. The SMILES string of the molecule is CN=C(NCc1ccc2cc(OC)ccc2c1)NCc1cc(F)ccc1CS(C)(=O)=O. The van der Waals surface area contributed by atoms with Crippen LogP contribution in [0.2, 0.25) is 0 Å². The minimum Gasteiger partial charge on any atom is -0.497 e. The van der Waals surface area contributed by atoms with Gasteiger partial charge < -0.3 is 15.4 Å². The molecule has 0 aliphatic carbocycles. The fourth-order valence-electron chi connectivity index (χ4n) is 3.28. The monoisotopic (exact) mass is 443 g/mol. The smallest absolute Gasteiger partial charge is 0.191 e. The molecule has 8 heteroatoms. The Morgan fingerprint density at radius 1 is 0.968 bits per heavy atom. The van der Waals surface area contributed by atoms with Gasteiger partial charge in [0.15, 0.2) is 15.8 Å². The molecule has 0 saturated heterocycles. The van der Waals surface area contributed by atoms with E-state index in [0.29, 0.717) is 23.6 Å². The first-order chi connectivity index (χ1) is 14.8. The van der Waals surface area contributed by atoms with Crippen molar-refractivity contribution in [3.05, 3.63) is 77.1 Å². The molecule has 0 fully saturated rings. The molecule has 6 nitrogen and oxygen atoms in total. The summed E-state index contributed by atoms with van der Waals surface area (Å²) in [6.45, 7) is 0.792. The molecular weight excluding hydrogens is 417 g/mol. The molecule has 0 amide bonds. The maximum absolute atomic E-state index is 13.7. The molecule has 0 atom stereocenters. The van der Waals surface area contributed by atoms with Crippen molar-refractivity contribution in [2.45, 2.75) is 18.8 Å². The van der Waals surface area contributed by atoms with E-state index in [0.717, 1.165) is 28.3 Å². The minimum absolute atomic E-state index is 0.141. The lowest BCUT2D eigenvalue weighted by molar-refractivity contribution is 0.415. The molecule has 0 heterocycles. The molecule has 0 aliphatic heterocycles. The topological polar surface area (TPSA) is 79.8 Å². The Morgan fingerprint density at radius 3 is 2.39 bits per heavy atom. The highest BCUT2D eigenvalue weighted by Crippen LogP contribution is 2.22. The van der Waals surface area contributed by atoms with Gasteiger partial charge in [0.05, 0.1) is 12.9 Å². The Hall–Kier alpha value is -3.13. The summed E-state index contributed by atoms with van der Waals surface area (Å²) in [5, 5.41) is 8.55. The van der Waals surface area contributed by atoms with Gasteiger partial charge in [-0.05, 0) is 57.8 Å². The van der Waals surface area contributed by atoms with E-state index >= 15 is 0 Å². The van der Waals surface area contributed by atoms with Crippen LogP contribution in [0.5, 0.6) is 5.75 Å². The second-order valence-electron chi connectivity index (χ2n) is 7.31. The van der Waals surface area contributed by atoms with E-state index in [4.69, 9.17) is 4.74 Å². The summed E-state index contributed by atoms with van der Waals surface area (Å²) < 4.78 is 42.3. The predicted molar refractivity (Wildman–Crippen MR) is 122 cm³/mol. The van der Waals surface area contributed by atoms with E-state index in [1.807, 2.05) is 30.3 Å². The molecule has 3 aromatic carbocycles. The number of hydrogen-bond donors (Lipinski definition) is 2. The van der Waals surface area contributed by atoms with Crippen LogP contribution in [-0.4, -0.2) is 34.8 Å². The van der Waals surface area contributed by atoms with Gasteiger partial charge in [-0.3, -0.25) is 4.99 Å². The molecule has 0 aromatic heterocycles. The maximum atomic E-state index is 13.7. The Balaban J connectivity index is 1.65. The van der Waals surface area contributed by atoms with Gasteiger partial charge in [0, 0.05) is 26.4 Å².